The van der Waals surface area contributed by atoms with Crippen molar-refractivity contribution in [2.45, 2.75) is 31.4 Å². The van der Waals surface area contributed by atoms with Gasteiger partial charge in [-0.1, -0.05) is 41.9 Å². The molecular formula is C28H26ClN5O5. The second kappa shape index (κ2) is 10.7. The Balaban J connectivity index is 1.39. The monoisotopic (exact) mass is 547 g/mol. The third-order valence-corrected chi connectivity index (χ3v) is 6.99. The number of halogens is 1. The Labute approximate surface area is 229 Å². The summed E-state index contributed by atoms with van der Waals surface area (Å²) in [5, 5.41) is 8.58. The molecule has 0 bridgehead atoms. The van der Waals surface area contributed by atoms with Gasteiger partial charge in [0.1, 0.15) is 11.9 Å². The number of carbonyl (C=O) groups is 4. The summed E-state index contributed by atoms with van der Waals surface area (Å²) in [5.41, 5.74) is 1.36. The fourth-order valence-corrected chi connectivity index (χ4v) is 5.15. The van der Waals surface area contributed by atoms with E-state index in [-0.39, 0.29) is 36.2 Å². The molecule has 5 rings (SSSR count). The van der Waals surface area contributed by atoms with Gasteiger partial charge in [0.15, 0.2) is 5.60 Å². The van der Waals surface area contributed by atoms with Crippen molar-refractivity contribution in [3.8, 4) is 0 Å². The highest BCUT2D eigenvalue weighted by molar-refractivity contribution is 6.30. The Kier molecular flexibility index (Phi) is 7.21. The van der Waals surface area contributed by atoms with E-state index in [4.69, 9.17) is 16.3 Å². The number of anilines is 2. The minimum absolute atomic E-state index is 0.121. The Morgan fingerprint density at radius 2 is 1.95 bits per heavy atom. The van der Waals surface area contributed by atoms with Gasteiger partial charge < -0.3 is 20.3 Å². The Hall–Kier alpha value is -4.44. The highest BCUT2D eigenvalue weighted by Gasteiger charge is 2.49. The molecule has 3 aromatic rings. The van der Waals surface area contributed by atoms with Crippen LogP contribution in [-0.4, -0.2) is 52.8 Å². The largest absolute Gasteiger partial charge is 0.436 e. The number of pyridine rings is 1. The van der Waals surface area contributed by atoms with Crippen LogP contribution in [0.15, 0.2) is 66.9 Å². The number of nitrogens with zero attached hydrogens (tertiary/aromatic N) is 2. The van der Waals surface area contributed by atoms with Crippen LogP contribution in [0, 0.1) is 0 Å². The van der Waals surface area contributed by atoms with Crippen molar-refractivity contribution in [2.75, 3.05) is 23.7 Å². The molecule has 1 saturated heterocycles. The molecule has 2 aliphatic heterocycles. The van der Waals surface area contributed by atoms with Gasteiger partial charge in [0.05, 0.1) is 12.2 Å². The highest BCUT2D eigenvalue weighted by Crippen LogP contribution is 2.43. The SMILES string of the molecule is CC(=O)Nc1cc(C(=O)N[C@@H](Cc2ccccc2)C(=O)N2CCC3(C2)OC(=O)Nc2ccc(Cl)cc23)ccn1. The van der Waals surface area contributed by atoms with Gasteiger partial charge in [-0.25, -0.2) is 9.78 Å². The van der Waals surface area contributed by atoms with Gasteiger partial charge in [-0.15, -0.1) is 0 Å². The summed E-state index contributed by atoms with van der Waals surface area (Å²) in [5.74, 6) is -0.884. The zero-order valence-electron chi connectivity index (χ0n) is 21.1. The number of ether oxygens (including phenoxy) is 1. The predicted octanol–water partition coefficient (Wildman–Crippen LogP) is 3.72. The quantitative estimate of drug-likeness (QED) is 0.431. The average Bonchev–Trinajstić information content (AvgIpc) is 3.33. The molecule has 2 atom stereocenters. The normalized spacial score (nSPS) is 18.5. The van der Waals surface area contributed by atoms with Crippen molar-refractivity contribution in [3.05, 3.63) is 88.6 Å². The van der Waals surface area contributed by atoms with Gasteiger partial charge in [-0.3, -0.25) is 19.7 Å². The van der Waals surface area contributed by atoms with Crippen LogP contribution in [0.3, 0.4) is 0 Å². The molecule has 200 valence electrons. The summed E-state index contributed by atoms with van der Waals surface area (Å²) in [6, 6.07) is 16.5. The molecule has 1 unspecified atom stereocenters. The summed E-state index contributed by atoms with van der Waals surface area (Å²) in [6.07, 6.45) is 1.45. The maximum atomic E-state index is 13.9. The number of hydrogen-bond donors (Lipinski definition) is 3. The van der Waals surface area contributed by atoms with Gasteiger partial charge in [-0.05, 0) is 35.9 Å². The van der Waals surface area contributed by atoms with Crippen LogP contribution < -0.4 is 16.0 Å². The predicted molar refractivity (Wildman–Crippen MR) is 144 cm³/mol. The van der Waals surface area contributed by atoms with Crippen molar-refractivity contribution in [3.63, 3.8) is 0 Å². The average molecular weight is 548 g/mol. The van der Waals surface area contributed by atoms with E-state index in [0.717, 1.165) is 5.56 Å². The summed E-state index contributed by atoms with van der Waals surface area (Å²) < 4.78 is 5.76. The maximum Gasteiger partial charge on any atom is 0.412 e. The standard InChI is InChI=1S/C28H26ClN5O5/c1-17(35)31-24-14-19(9-11-30-24)25(36)32-23(13-18-5-3-2-4-6-18)26(37)34-12-10-28(16-34)21-15-20(29)7-8-22(21)33-27(38)39-28/h2-9,11,14-15,23H,10,12-13,16H2,1H3,(H,32,36)(H,33,38)(H,30,31,35)/t23-,28?/m0/s1. The van der Waals surface area contributed by atoms with E-state index < -0.39 is 23.6 Å². The molecule has 4 amide bonds. The van der Waals surface area contributed by atoms with Crippen LogP contribution in [-0.2, 0) is 26.3 Å². The second-order valence-corrected chi connectivity index (χ2v) is 9.97. The van der Waals surface area contributed by atoms with Gasteiger partial charge in [0.25, 0.3) is 5.91 Å². The number of nitrogens with one attached hydrogen (secondary N) is 3. The molecule has 10 nitrogen and oxygen atoms in total. The van der Waals surface area contributed by atoms with E-state index in [0.29, 0.717) is 29.2 Å². The summed E-state index contributed by atoms with van der Waals surface area (Å²) in [6.45, 7) is 1.79. The molecule has 3 heterocycles. The van der Waals surface area contributed by atoms with Crippen LogP contribution in [0.1, 0.15) is 34.8 Å². The van der Waals surface area contributed by atoms with Crippen molar-refractivity contribution >= 4 is 46.9 Å². The van der Waals surface area contributed by atoms with E-state index in [1.165, 1.54) is 25.3 Å². The van der Waals surface area contributed by atoms with Gasteiger partial charge in [0, 0.05) is 48.7 Å². The highest BCUT2D eigenvalue weighted by atomic mass is 35.5. The molecule has 0 aliphatic carbocycles. The lowest BCUT2D eigenvalue weighted by atomic mass is 9.90. The topological polar surface area (TPSA) is 130 Å². The van der Waals surface area contributed by atoms with E-state index in [1.807, 2.05) is 30.3 Å². The van der Waals surface area contributed by atoms with Crippen LogP contribution >= 0.6 is 11.6 Å². The second-order valence-electron chi connectivity index (χ2n) is 9.54. The molecule has 1 aromatic heterocycles. The number of hydrogen-bond acceptors (Lipinski definition) is 6. The Morgan fingerprint density at radius 1 is 1.15 bits per heavy atom. The first-order valence-corrected chi connectivity index (χ1v) is 12.8. The third-order valence-electron chi connectivity index (χ3n) is 6.75. The summed E-state index contributed by atoms with van der Waals surface area (Å²) >= 11 is 6.24. The van der Waals surface area contributed by atoms with Crippen molar-refractivity contribution in [2.24, 2.45) is 0 Å². The molecule has 0 radical (unpaired) electrons. The molecule has 11 heteroatoms. The van der Waals surface area contributed by atoms with Gasteiger partial charge in [0.2, 0.25) is 11.8 Å². The third kappa shape index (κ3) is 5.70. The number of amides is 4. The zero-order chi connectivity index (χ0) is 27.6. The van der Waals surface area contributed by atoms with E-state index in [9.17, 15) is 19.2 Å². The van der Waals surface area contributed by atoms with Crippen molar-refractivity contribution < 1.29 is 23.9 Å². The number of fused-ring (bicyclic) bond motifs is 2. The Morgan fingerprint density at radius 3 is 2.72 bits per heavy atom. The molecule has 1 fully saturated rings. The lowest BCUT2D eigenvalue weighted by Gasteiger charge is -2.35. The molecule has 2 aliphatic rings. The van der Waals surface area contributed by atoms with Gasteiger partial charge >= 0.3 is 6.09 Å². The molecule has 2 aromatic carbocycles. The number of benzene rings is 2. The first kappa shape index (κ1) is 26.2. The first-order valence-electron chi connectivity index (χ1n) is 12.4. The zero-order valence-corrected chi connectivity index (χ0v) is 21.8. The molecule has 3 N–H and O–H groups in total. The number of carbonyl (C=O) groups excluding carboxylic acids is 4. The summed E-state index contributed by atoms with van der Waals surface area (Å²) in [4.78, 5) is 56.5. The molecular weight excluding hydrogens is 522 g/mol. The van der Waals surface area contributed by atoms with Crippen molar-refractivity contribution in [1.82, 2.24) is 15.2 Å². The fourth-order valence-electron chi connectivity index (χ4n) is 4.98. The minimum Gasteiger partial charge on any atom is -0.436 e. The van der Waals surface area contributed by atoms with Crippen molar-refractivity contribution in [1.29, 1.82) is 0 Å². The van der Waals surface area contributed by atoms with E-state index in [2.05, 4.69) is 20.9 Å². The maximum absolute atomic E-state index is 13.9. The molecule has 39 heavy (non-hydrogen) atoms. The number of rotatable bonds is 6. The van der Waals surface area contributed by atoms with Crippen LogP contribution in [0.5, 0.6) is 0 Å². The Bertz CT molecular complexity index is 1450. The van der Waals surface area contributed by atoms with Crippen LogP contribution in [0.2, 0.25) is 5.02 Å². The van der Waals surface area contributed by atoms with Crippen LogP contribution in [0.4, 0.5) is 16.3 Å². The molecule has 0 saturated carbocycles. The lowest BCUT2D eigenvalue weighted by Crippen LogP contribution is -2.50. The number of likely N-dealkylation sites (tertiary alicyclic amines) is 1. The van der Waals surface area contributed by atoms with Gasteiger partial charge in [-0.2, -0.15) is 0 Å². The summed E-state index contributed by atoms with van der Waals surface area (Å²) in [7, 11) is 0. The lowest BCUT2D eigenvalue weighted by molar-refractivity contribution is -0.133. The minimum atomic E-state index is -1.04. The smallest absolute Gasteiger partial charge is 0.412 e. The fraction of sp³-hybridized carbons (Fsp3) is 0.250. The molecule has 1 spiro atoms. The van der Waals surface area contributed by atoms with E-state index in [1.54, 1.807) is 23.1 Å². The van der Waals surface area contributed by atoms with E-state index >= 15 is 0 Å². The number of aromatic nitrogens is 1. The van der Waals surface area contributed by atoms with Crippen LogP contribution in [0.25, 0.3) is 0 Å². The first-order chi connectivity index (χ1) is 18.7.